The quantitative estimate of drug-likeness (QED) is 0.407. The predicted octanol–water partition coefficient (Wildman–Crippen LogP) is 1.45. The van der Waals surface area contributed by atoms with Crippen LogP contribution in [0, 0.1) is 17.8 Å². The van der Waals surface area contributed by atoms with E-state index in [2.05, 4.69) is 15.3 Å². The first-order valence-corrected chi connectivity index (χ1v) is 11.3. The molecule has 0 bridgehead atoms. The Morgan fingerprint density at radius 2 is 2.09 bits per heavy atom. The number of methoxy groups -OCH3 is 1. The molecule has 1 aromatic rings. The van der Waals surface area contributed by atoms with Gasteiger partial charge in [0.2, 0.25) is 0 Å². The Labute approximate surface area is 188 Å². The Hall–Kier alpha value is -2.04. The first-order valence-electron chi connectivity index (χ1n) is 11.3. The van der Waals surface area contributed by atoms with Gasteiger partial charge in [0.05, 0.1) is 38.2 Å². The molecule has 2 aliphatic rings. The van der Waals surface area contributed by atoms with Crippen LogP contribution in [0.3, 0.4) is 0 Å². The lowest BCUT2D eigenvalue weighted by molar-refractivity contribution is 0.0776. The van der Waals surface area contributed by atoms with E-state index in [1.165, 1.54) is 6.20 Å². The van der Waals surface area contributed by atoms with Crippen molar-refractivity contribution in [1.82, 2.24) is 15.3 Å². The number of amides is 1. The Balaban J connectivity index is 1.62. The molecule has 1 aromatic heterocycles. The first-order chi connectivity index (χ1) is 15.5. The van der Waals surface area contributed by atoms with Crippen LogP contribution in [0.4, 0.5) is 10.2 Å². The third kappa shape index (κ3) is 6.49. The highest BCUT2D eigenvalue weighted by Crippen LogP contribution is 2.39. The summed E-state index contributed by atoms with van der Waals surface area (Å²) >= 11 is 0. The zero-order valence-corrected chi connectivity index (χ0v) is 19.1. The standard InChI is InChI=1S/C22H35FN4O5/c1-14(2)19(11-28)25-21(29)18-8-24-20(27-9-17(10-27)30-3)22(26-18)32-13-16-7-15(16)12-31-6-4-5-23/h8,14-17,19,28H,4-7,9-13H2,1-3H3,(H,25,29)/t15-,16+,19?/m1/s1. The van der Waals surface area contributed by atoms with Crippen LogP contribution in [0.15, 0.2) is 6.20 Å². The van der Waals surface area contributed by atoms with Gasteiger partial charge in [0.1, 0.15) is 0 Å². The maximum atomic E-state index is 12.7. The molecule has 0 radical (unpaired) electrons. The molecule has 3 rings (SSSR count). The van der Waals surface area contributed by atoms with Crippen LogP contribution in [0.2, 0.25) is 0 Å². The number of aromatic nitrogens is 2. The molecule has 2 N–H and O–H groups in total. The molecule has 1 aliphatic carbocycles. The summed E-state index contributed by atoms with van der Waals surface area (Å²) < 4.78 is 29.0. The Morgan fingerprint density at radius 3 is 2.75 bits per heavy atom. The molecular weight excluding hydrogens is 419 g/mol. The van der Waals surface area contributed by atoms with Crippen molar-refractivity contribution in [3.8, 4) is 5.88 Å². The van der Waals surface area contributed by atoms with Crippen molar-refractivity contribution in [2.24, 2.45) is 17.8 Å². The minimum absolute atomic E-state index is 0.0814. The van der Waals surface area contributed by atoms with Gasteiger partial charge < -0.3 is 29.5 Å². The van der Waals surface area contributed by atoms with Crippen molar-refractivity contribution < 1.29 is 28.5 Å². The minimum Gasteiger partial charge on any atom is -0.475 e. The maximum Gasteiger partial charge on any atom is 0.271 e. The van der Waals surface area contributed by atoms with Gasteiger partial charge in [-0.25, -0.2) is 9.97 Å². The lowest BCUT2D eigenvalue weighted by atomic mass is 10.1. The summed E-state index contributed by atoms with van der Waals surface area (Å²) in [6.07, 6.45) is 2.98. The number of halogens is 1. The topological polar surface area (TPSA) is 106 Å². The largest absolute Gasteiger partial charge is 0.475 e. The number of alkyl halides is 1. The first kappa shape index (κ1) is 24.6. The van der Waals surface area contributed by atoms with E-state index in [9.17, 15) is 14.3 Å². The minimum atomic E-state index is -0.398. The van der Waals surface area contributed by atoms with E-state index in [1.807, 2.05) is 18.7 Å². The van der Waals surface area contributed by atoms with Gasteiger partial charge in [-0.1, -0.05) is 13.8 Å². The number of hydrogen-bond acceptors (Lipinski definition) is 8. The molecule has 2 heterocycles. The summed E-state index contributed by atoms with van der Waals surface area (Å²) in [5, 5.41) is 12.3. The van der Waals surface area contributed by atoms with Crippen LogP contribution in [-0.2, 0) is 9.47 Å². The zero-order chi connectivity index (χ0) is 23.1. The molecular formula is C22H35FN4O5. The summed E-state index contributed by atoms with van der Waals surface area (Å²) in [5.74, 6) is 1.34. The Bertz CT molecular complexity index is 747. The number of hydrogen-bond donors (Lipinski definition) is 2. The third-order valence-electron chi connectivity index (χ3n) is 6.01. The fourth-order valence-corrected chi connectivity index (χ4v) is 3.51. The van der Waals surface area contributed by atoms with Gasteiger partial charge in [-0.05, 0) is 30.6 Å². The molecule has 2 fully saturated rings. The van der Waals surface area contributed by atoms with E-state index in [-0.39, 0.29) is 37.0 Å². The van der Waals surface area contributed by atoms with Crippen molar-refractivity contribution in [3.05, 3.63) is 11.9 Å². The molecule has 1 saturated heterocycles. The normalized spacial score (nSPS) is 21.4. The number of nitrogens with one attached hydrogen (secondary N) is 1. The maximum absolute atomic E-state index is 12.7. The molecule has 32 heavy (non-hydrogen) atoms. The fraction of sp³-hybridized carbons (Fsp3) is 0.773. The van der Waals surface area contributed by atoms with Gasteiger partial charge in [0.25, 0.3) is 11.8 Å². The summed E-state index contributed by atoms with van der Waals surface area (Å²) in [4.78, 5) is 23.6. The molecule has 1 unspecified atom stereocenters. The van der Waals surface area contributed by atoms with Crippen molar-refractivity contribution in [2.45, 2.75) is 38.8 Å². The van der Waals surface area contributed by atoms with Gasteiger partial charge in [-0.3, -0.25) is 9.18 Å². The van der Waals surface area contributed by atoms with Crippen LogP contribution in [0.1, 0.15) is 37.2 Å². The van der Waals surface area contributed by atoms with Crippen LogP contribution >= 0.6 is 0 Å². The van der Waals surface area contributed by atoms with E-state index >= 15 is 0 Å². The fourth-order valence-electron chi connectivity index (χ4n) is 3.51. The molecule has 10 heteroatoms. The molecule has 0 spiro atoms. The number of carbonyl (C=O) groups excluding carboxylic acids is 1. The van der Waals surface area contributed by atoms with Gasteiger partial charge in [0, 0.05) is 33.4 Å². The van der Waals surface area contributed by atoms with E-state index in [0.717, 1.165) is 6.42 Å². The van der Waals surface area contributed by atoms with Crippen LogP contribution in [0.5, 0.6) is 5.88 Å². The molecule has 1 amide bonds. The number of aliphatic hydroxyl groups is 1. The van der Waals surface area contributed by atoms with Crippen molar-refractivity contribution in [1.29, 1.82) is 0 Å². The molecule has 1 saturated carbocycles. The lowest BCUT2D eigenvalue weighted by Gasteiger charge is -2.39. The number of rotatable bonds is 14. The van der Waals surface area contributed by atoms with Gasteiger partial charge in [-0.2, -0.15) is 0 Å². The Morgan fingerprint density at radius 1 is 1.34 bits per heavy atom. The molecule has 180 valence electrons. The Kier molecular flexibility index (Phi) is 9.01. The number of aliphatic hydroxyl groups excluding tert-OH is 1. The van der Waals surface area contributed by atoms with Gasteiger partial charge >= 0.3 is 0 Å². The molecule has 9 nitrogen and oxygen atoms in total. The van der Waals surface area contributed by atoms with E-state index in [4.69, 9.17) is 14.2 Å². The highest BCUT2D eigenvalue weighted by atomic mass is 19.1. The predicted molar refractivity (Wildman–Crippen MR) is 117 cm³/mol. The molecule has 3 atom stereocenters. The van der Waals surface area contributed by atoms with Crippen molar-refractivity contribution in [2.75, 3.05) is 58.2 Å². The second-order valence-electron chi connectivity index (χ2n) is 8.84. The average molecular weight is 455 g/mol. The number of ether oxygens (including phenoxy) is 3. The smallest absolute Gasteiger partial charge is 0.271 e. The summed E-state index contributed by atoms with van der Waals surface area (Å²) in [7, 11) is 1.67. The van der Waals surface area contributed by atoms with Crippen LogP contribution in [-0.4, -0.2) is 86.4 Å². The van der Waals surface area contributed by atoms with Crippen LogP contribution < -0.4 is 15.0 Å². The second kappa shape index (κ2) is 11.7. The SMILES string of the molecule is COC1CN(c2ncc(C(=O)NC(CO)C(C)C)nc2OC[C@@H]2C[C@@H]2COCCCF)C1. The monoisotopic (exact) mass is 454 g/mol. The lowest BCUT2D eigenvalue weighted by Crippen LogP contribution is -2.52. The average Bonchev–Trinajstić information content (AvgIpc) is 3.51. The summed E-state index contributed by atoms with van der Waals surface area (Å²) in [6, 6.07) is -0.365. The van der Waals surface area contributed by atoms with E-state index in [0.29, 0.717) is 62.9 Å². The van der Waals surface area contributed by atoms with Gasteiger partial charge in [-0.15, -0.1) is 0 Å². The molecule has 1 aliphatic heterocycles. The zero-order valence-electron chi connectivity index (χ0n) is 19.1. The van der Waals surface area contributed by atoms with E-state index < -0.39 is 5.91 Å². The van der Waals surface area contributed by atoms with Gasteiger partial charge in [0.15, 0.2) is 11.5 Å². The number of nitrogens with zero attached hydrogens (tertiary/aromatic N) is 3. The highest BCUT2D eigenvalue weighted by Gasteiger charge is 2.38. The van der Waals surface area contributed by atoms with Crippen LogP contribution in [0.25, 0.3) is 0 Å². The molecule has 0 aromatic carbocycles. The van der Waals surface area contributed by atoms with Crippen molar-refractivity contribution in [3.63, 3.8) is 0 Å². The second-order valence-corrected chi connectivity index (χ2v) is 8.84. The number of anilines is 1. The third-order valence-corrected chi connectivity index (χ3v) is 6.01. The summed E-state index contributed by atoms with van der Waals surface area (Å²) in [6.45, 7) is 6.20. The van der Waals surface area contributed by atoms with E-state index in [1.54, 1.807) is 7.11 Å². The number of carbonyl (C=O) groups is 1. The summed E-state index contributed by atoms with van der Waals surface area (Å²) in [5.41, 5.74) is 0.147. The highest BCUT2D eigenvalue weighted by molar-refractivity contribution is 5.92. The van der Waals surface area contributed by atoms with Crippen molar-refractivity contribution >= 4 is 11.7 Å².